The molecule has 0 saturated carbocycles. The van der Waals surface area contributed by atoms with Crippen LogP contribution < -0.4 is 10.3 Å². The van der Waals surface area contributed by atoms with Crippen molar-refractivity contribution in [3.8, 4) is 5.75 Å². The number of benzene rings is 2. The van der Waals surface area contributed by atoms with Gasteiger partial charge in [-0.2, -0.15) is 0 Å². The van der Waals surface area contributed by atoms with Gasteiger partial charge in [0.2, 0.25) is 0 Å². The summed E-state index contributed by atoms with van der Waals surface area (Å²) in [6.45, 7) is 6.70. The molecule has 194 valence electrons. The zero-order valence-corrected chi connectivity index (χ0v) is 21.7. The van der Waals surface area contributed by atoms with Crippen molar-refractivity contribution in [3.05, 3.63) is 81.4 Å². The number of aromatic amines is 1. The monoisotopic (exact) mass is 502 g/mol. The Labute approximate surface area is 216 Å². The minimum Gasteiger partial charge on any atom is -0.497 e. The van der Waals surface area contributed by atoms with Crippen molar-refractivity contribution in [2.45, 2.75) is 58.3 Å². The molecule has 2 aromatic carbocycles. The summed E-state index contributed by atoms with van der Waals surface area (Å²) in [6.07, 6.45) is 2.99. The Morgan fingerprint density at radius 1 is 1.22 bits per heavy atom. The molecule has 0 aliphatic carbocycles. The van der Waals surface area contributed by atoms with E-state index in [1.165, 1.54) is 0 Å². The number of aryl methyl sites for hydroxylation is 1. The van der Waals surface area contributed by atoms with Crippen molar-refractivity contribution in [2.24, 2.45) is 0 Å². The van der Waals surface area contributed by atoms with Crippen LogP contribution in [0.4, 0.5) is 0 Å². The van der Waals surface area contributed by atoms with Gasteiger partial charge in [-0.1, -0.05) is 30.7 Å². The van der Waals surface area contributed by atoms with Crippen LogP contribution in [-0.2, 0) is 17.8 Å². The minimum absolute atomic E-state index is 0.0682. The molecular weight excluding hydrogens is 468 g/mol. The number of nitrogens with one attached hydrogen (secondary N) is 1. The number of hydrogen-bond acceptors (Lipinski definition) is 7. The number of fused-ring (bicyclic) bond motifs is 1. The van der Waals surface area contributed by atoms with E-state index in [0.717, 1.165) is 65.0 Å². The van der Waals surface area contributed by atoms with Crippen LogP contribution in [0.2, 0.25) is 0 Å². The predicted molar refractivity (Wildman–Crippen MR) is 142 cm³/mol. The standard InChI is InChI=1S/C28H34N6O3/c1-4-26(27-30-31-32-34(27)16-20-8-10-23(36-3)11-9-20)33(18-24-6-5-13-37-24)17-22-15-21-14-19(2)7-12-25(21)29-28(22)35/h7-12,14-15,24,26H,4-6,13,16-18H2,1-3H3,(H,29,35). The maximum atomic E-state index is 13.1. The van der Waals surface area contributed by atoms with Gasteiger partial charge in [-0.05, 0) is 77.9 Å². The highest BCUT2D eigenvalue weighted by atomic mass is 16.5. The van der Waals surface area contributed by atoms with E-state index in [1.54, 1.807) is 7.11 Å². The fourth-order valence-corrected chi connectivity index (χ4v) is 5.13. The first kappa shape index (κ1) is 25.1. The van der Waals surface area contributed by atoms with E-state index >= 15 is 0 Å². The van der Waals surface area contributed by atoms with Crippen molar-refractivity contribution in [2.75, 3.05) is 20.3 Å². The van der Waals surface area contributed by atoms with Crippen molar-refractivity contribution < 1.29 is 9.47 Å². The lowest BCUT2D eigenvalue weighted by atomic mass is 10.1. The van der Waals surface area contributed by atoms with Crippen LogP contribution in [0.5, 0.6) is 5.75 Å². The summed E-state index contributed by atoms with van der Waals surface area (Å²) in [6, 6.07) is 15.9. The number of rotatable bonds is 10. The van der Waals surface area contributed by atoms with E-state index < -0.39 is 0 Å². The average molecular weight is 503 g/mol. The molecule has 1 saturated heterocycles. The molecule has 9 heteroatoms. The fraction of sp³-hybridized carbons (Fsp3) is 0.429. The first-order chi connectivity index (χ1) is 18.0. The third-order valence-corrected chi connectivity index (χ3v) is 7.09. The molecular formula is C28H34N6O3. The van der Waals surface area contributed by atoms with Crippen LogP contribution in [0.15, 0.2) is 53.3 Å². The molecule has 0 radical (unpaired) electrons. The smallest absolute Gasteiger partial charge is 0.252 e. The van der Waals surface area contributed by atoms with E-state index in [-0.39, 0.29) is 17.7 Å². The van der Waals surface area contributed by atoms with Crippen LogP contribution in [0.25, 0.3) is 10.9 Å². The van der Waals surface area contributed by atoms with E-state index in [2.05, 4.69) is 45.3 Å². The van der Waals surface area contributed by atoms with E-state index in [9.17, 15) is 4.79 Å². The first-order valence-corrected chi connectivity index (χ1v) is 12.9. The van der Waals surface area contributed by atoms with Gasteiger partial charge in [0.05, 0.1) is 25.8 Å². The van der Waals surface area contributed by atoms with Crippen LogP contribution in [0.1, 0.15) is 54.7 Å². The van der Waals surface area contributed by atoms with Crippen LogP contribution in [-0.4, -0.2) is 56.5 Å². The number of H-pyrrole nitrogens is 1. The van der Waals surface area contributed by atoms with Crippen molar-refractivity contribution in [1.82, 2.24) is 30.1 Å². The highest BCUT2D eigenvalue weighted by molar-refractivity contribution is 5.79. The molecule has 1 aliphatic rings. The Morgan fingerprint density at radius 3 is 2.78 bits per heavy atom. The lowest BCUT2D eigenvalue weighted by Gasteiger charge is -2.32. The van der Waals surface area contributed by atoms with Gasteiger partial charge < -0.3 is 14.5 Å². The third-order valence-electron chi connectivity index (χ3n) is 7.09. The van der Waals surface area contributed by atoms with E-state index in [4.69, 9.17) is 9.47 Å². The number of ether oxygens (including phenoxy) is 2. The largest absolute Gasteiger partial charge is 0.497 e. The minimum atomic E-state index is -0.0787. The van der Waals surface area contributed by atoms with Crippen molar-refractivity contribution in [3.63, 3.8) is 0 Å². The maximum absolute atomic E-state index is 13.1. The Hall–Kier alpha value is -3.56. The van der Waals surface area contributed by atoms with Gasteiger partial charge in [-0.15, -0.1) is 5.10 Å². The first-order valence-electron chi connectivity index (χ1n) is 12.9. The number of hydrogen-bond donors (Lipinski definition) is 1. The van der Waals surface area contributed by atoms with Gasteiger partial charge in [0, 0.05) is 30.8 Å². The fourth-order valence-electron chi connectivity index (χ4n) is 5.13. The van der Waals surface area contributed by atoms with Gasteiger partial charge >= 0.3 is 0 Å². The molecule has 1 fully saturated rings. The number of nitrogens with zero attached hydrogens (tertiary/aromatic N) is 5. The summed E-state index contributed by atoms with van der Waals surface area (Å²) in [5, 5.41) is 13.8. The van der Waals surface area contributed by atoms with Gasteiger partial charge in [0.1, 0.15) is 5.75 Å². The topological polar surface area (TPSA) is 98.2 Å². The quantitative estimate of drug-likeness (QED) is 0.350. The summed E-state index contributed by atoms with van der Waals surface area (Å²) in [7, 11) is 1.66. The molecule has 0 spiro atoms. The number of methoxy groups -OCH3 is 1. The zero-order chi connectivity index (χ0) is 25.8. The molecule has 9 nitrogen and oxygen atoms in total. The van der Waals surface area contributed by atoms with Gasteiger partial charge in [0.25, 0.3) is 5.56 Å². The summed E-state index contributed by atoms with van der Waals surface area (Å²) in [5.41, 5.74) is 3.74. The predicted octanol–water partition coefficient (Wildman–Crippen LogP) is 4.01. The normalized spacial score (nSPS) is 16.5. The molecule has 5 rings (SSSR count). The Bertz CT molecular complexity index is 1390. The van der Waals surface area contributed by atoms with Gasteiger partial charge in [-0.3, -0.25) is 9.69 Å². The highest BCUT2D eigenvalue weighted by Gasteiger charge is 2.29. The van der Waals surface area contributed by atoms with Crippen molar-refractivity contribution in [1.29, 1.82) is 0 Å². The molecule has 4 aromatic rings. The average Bonchev–Trinajstić information content (AvgIpc) is 3.58. The Kier molecular flexibility index (Phi) is 7.62. The van der Waals surface area contributed by atoms with Gasteiger partial charge in [-0.25, -0.2) is 4.68 Å². The molecule has 2 atom stereocenters. The van der Waals surface area contributed by atoms with Gasteiger partial charge in [0.15, 0.2) is 5.82 Å². The summed E-state index contributed by atoms with van der Waals surface area (Å²) >= 11 is 0. The zero-order valence-electron chi connectivity index (χ0n) is 21.7. The van der Waals surface area contributed by atoms with Crippen LogP contribution in [0, 0.1) is 6.92 Å². The number of tetrazole rings is 1. The summed E-state index contributed by atoms with van der Waals surface area (Å²) in [5.74, 6) is 1.59. The number of pyridine rings is 1. The molecule has 0 bridgehead atoms. The SMILES string of the molecule is CCC(c1nnnn1Cc1ccc(OC)cc1)N(Cc1cc2cc(C)ccc2[nH]c1=O)CC1CCCO1. The molecule has 3 heterocycles. The molecule has 37 heavy (non-hydrogen) atoms. The Morgan fingerprint density at radius 2 is 2.05 bits per heavy atom. The van der Waals surface area contributed by atoms with Crippen LogP contribution >= 0.6 is 0 Å². The molecule has 0 amide bonds. The van der Waals surface area contributed by atoms with E-state index in [0.29, 0.717) is 19.6 Å². The number of aromatic nitrogens is 5. The second-order valence-corrected chi connectivity index (χ2v) is 9.75. The second kappa shape index (κ2) is 11.2. The molecule has 1 aliphatic heterocycles. The maximum Gasteiger partial charge on any atom is 0.252 e. The van der Waals surface area contributed by atoms with Crippen molar-refractivity contribution >= 4 is 10.9 Å². The molecule has 2 unspecified atom stereocenters. The van der Waals surface area contributed by atoms with Crippen LogP contribution in [0.3, 0.4) is 0 Å². The second-order valence-electron chi connectivity index (χ2n) is 9.75. The van der Waals surface area contributed by atoms with E-state index in [1.807, 2.05) is 47.1 Å². The third kappa shape index (κ3) is 5.73. The lowest BCUT2D eigenvalue weighted by molar-refractivity contribution is 0.0489. The summed E-state index contributed by atoms with van der Waals surface area (Å²) < 4.78 is 13.1. The highest BCUT2D eigenvalue weighted by Crippen LogP contribution is 2.27. The molecule has 1 N–H and O–H groups in total. The lowest BCUT2D eigenvalue weighted by Crippen LogP contribution is -2.37. The summed E-state index contributed by atoms with van der Waals surface area (Å²) in [4.78, 5) is 18.4. The molecule has 2 aromatic heterocycles. The Balaban J connectivity index is 1.46.